The van der Waals surface area contributed by atoms with E-state index in [1.165, 1.54) is 25.1 Å². The number of aliphatic hydroxyl groups is 2. The van der Waals surface area contributed by atoms with Crippen molar-refractivity contribution in [2.75, 3.05) is 5.75 Å². The van der Waals surface area contributed by atoms with Crippen LogP contribution in [0.4, 0.5) is 4.39 Å². The highest BCUT2D eigenvalue weighted by Crippen LogP contribution is 2.22. The molecule has 0 saturated carbocycles. The second-order valence-corrected chi connectivity index (χ2v) is 5.42. The van der Waals surface area contributed by atoms with Crippen LogP contribution in [0.5, 0.6) is 0 Å². The fourth-order valence-corrected chi connectivity index (χ4v) is 2.20. The molecule has 100 valence electrons. The van der Waals surface area contributed by atoms with Crippen LogP contribution in [-0.2, 0) is 4.79 Å². The summed E-state index contributed by atoms with van der Waals surface area (Å²) in [5.41, 5.74) is 0.908. The van der Waals surface area contributed by atoms with Gasteiger partial charge in [0, 0.05) is 12.7 Å². The van der Waals surface area contributed by atoms with Gasteiger partial charge in [0.05, 0.1) is 6.10 Å². The maximum atomic E-state index is 13.1. The van der Waals surface area contributed by atoms with Crippen molar-refractivity contribution in [1.29, 1.82) is 0 Å². The van der Waals surface area contributed by atoms with Crippen molar-refractivity contribution in [2.24, 2.45) is 0 Å². The van der Waals surface area contributed by atoms with E-state index in [2.05, 4.69) is 0 Å². The fourth-order valence-electron chi connectivity index (χ4n) is 1.56. The molecule has 2 N–H and O–H groups in total. The van der Waals surface area contributed by atoms with Gasteiger partial charge in [0.25, 0.3) is 0 Å². The maximum absolute atomic E-state index is 13.1. The van der Waals surface area contributed by atoms with Gasteiger partial charge in [-0.2, -0.15) is 0 Å². The highest BCUT2D eigenvalue weighted by atomic mass is 32.2. The predicted octanol–water partition coefficient (Wildman–Crippen LogP) is 2.20. The Balaban J connectivity index is 2.59. The van der Waals surface area contributed by atoms with Crippen LogP contribution in [0.2, 0.25) is 0 Å². The van der Waals surface area contributed by atoms with Crippen molar-refractivity contribution in [3.63, 3.8) is 0 Å². The molecule has 2 atom stereocenters. The summed E-state index contributed by atoms with van der Waals surface area (Å²) in [6.45, 7) is 3.06. The summed E-state index contributed by atoms with van der Waals surface area (Å²) >= 11 is 1.11. The lowest BCUT2D eigenvalue weighted by Crippen LogP contribution is -2.19. The number of carbonyl (C=O) groups excluding carboxylic acids is 1. The van der Waals surface area contributed by atoms with Crippen LogP contribution in [0.3, 0.4) is 0 Å². The second kappa shape index (κ2) is 6.87. The van der Waals surface area contributed by atoms with Gasteiger partial charge in [-0.1, -0.05) is 23.9 Å². The van der Waals surface area contributed by atoms with Crippen LogP contribution < -0.4 is 0 Å². The molecule has 1 rings (SSSR count). The second-order valence-electron chi connectivity index (χ2n) is 4.15. The minimum absolute atomic E-state index is 0.0192. The third-order valence-corrected chi connectivity index (χ3v) is 3.45. The lowest BCUT2D eigenvalue weighted by molar-refractivity contribution is -0.109. The summed E-state index contributed by atoms with van der Waals surface area (Å²) in [5, 5.41) is 19.7. The normalized spacial score (nSPS) is 14.3. The molecule has 1 aromatic rings. The van der Waals surface area contributed by atoms with Gasteiger partial charge in [-0.15, -0.1) is 0 Å². The molecule has 3 nitrogen and oxygen atoms in total. The lowest BCUT2D eigenvalue weighted by atomic mass is 10.0. The maximum Gasteiger partial charge on any atom is 0.185 e. The average Bonchev–Trinajstić information content (AvgIpc) is 2.31. The molecule has 0 aromatic heterocycles. The Hall–Kier alpha value is -0.910. The molecule has 0 heterocycles. The molecule has 0 aliphatic rings. The fraction of sp³-hybridized carbons (Fsp3) is 0.462. The van der Waals surface area contributed by atoms with Crippen molar-refractivity contribution in [3.8, 4) is 0 Å². The van der Waals surface area contributed by atoms with E-state index in [-0.39, 0.29) is 10.9 Å². The van der Waals surface area contributed by atoms with E-state index in [0.717, 1.165) is 11.8 Å². The molecule has 2 unspecified atom stereocenters. The van der Waals surface area contributed by atoms with E-state index in [0.29, 0.717) is 23.3 Å². The molecule has 0 spiro atoms. The van der Waals surface area contributed by atoms with Gasteiger partial charge in [-0.25, -0.2) is 4.39 Å². The molecule has 0 aliphatic carbocycles. The smallest absolute Gasteiger partial charge is 0.185 e. The molecule has 0 fully saturated rings. The van der Waals surface area contributed by atoms with Gasteiger partial charge in [0.15, 0.2) is 5.12 Å². The first kappa shape index (κ1) is 15.1. The highest BCUT2D eigenvalue weighted by Gasteiger charge is 2.19. The summed E-state index contributed by atoms with van der Waals surface area (Å²) in [6, 6.07) is 4.24. The molecule has 18 heavy (non-hydrogen) atoms. The van der Waals surface area contributed by atoms with Gasteiger partial charge >= 0.3 is 0 Å². The van der Waals surface area contributed by atoms with E-state index in [1.54, 1.807) is 6.92 Å². The SMILES string of the molecule is CC(=O)SCCC(O)C(O)c1ccc(F)c(C)c1. The zero-order valence-electron chi connectivity index (χ0n) is 10.4. The minimum atomic E-state index is -1.06. The Kier molecular flexibility index (Phi) is 5.78. The first-order valence-corrected chi connectivity index (χ1v) is 6.66. The number of halogens is 1. The largest absolute Gasteiger partial charge is 0.390 e. The molecule has 0 radical (unpaired) electrons. The molecule has 0 amide bonds. The van der Waals surface area contributed by atoms with Crippen molar-refractivity contribution in [3.05, 3.63) is 35.1 Å². The monoisotopic (exact) mass is 272 g/mol. The van der Waals surface area contributed by atoms with Gasteiger partial charge in [0.1, 0.15) is 11.9 Å². The zero-order chi connectivity index (χ0) is 13.7. The number of hydrogen-bond donors (Lipinski definition) is 2. The first-order chi connectivity index (χ1) is 8.41. The minimum Gasteiger partial charge on any atom is -0.390 e. The summed E-state index contributed by atoms with van der Waals surface area (Å²) in [6.07, 6.45) is -1.71. The zero-order valence-corrected chi connectivity index (χ0v) is 11.2. The lowest BCUT2D eigenvalue weighted by Gasteiger charge is -2.18. The predicted molar refractivity (Wildman–Crippen MR) is 69.9 cm³/mol. The summed E-state index contributed by atoms with van der Waals surface area (Å²) in [7, 11) is 0. The van der Waals surface area contributed by atoms with Crippen LogP contribution in [0.1, 0.15) is 30.6 Å². The Labute approximate surface area is 110 Å². The number of aliphatic hydroxyl groups excluding tert-OH is 2. The molecular formula is C13H17FO3S. The van der Waals surface area contributed by atoms with Crippen molar-refractivity contribution >= 4 is 16.9 Å². The average molecular weight is 272 g/mol. The van der Waals surface area contributed by atoms with Gasteiger partial charge < -0.3 is 10.2 Å². The number of rotatable bonds is 5. The number of thioether (sulfide) groups is 1. The first-order valence-electron chi connectivity index (χ1n) is 5.67. The van der Waals surface area contributed by atoms with Crippen LogP contribution in [-0.4, -0.2) is 27.2 Å². The summed E-state index contributed by atoms with van der Waals surface area (Å²) in [5.74, 6) is 0.112. The van der Waals surface area contributed by atoms with E-state index in [4.69, 9.17) is 0 Å². The van der Waals surface area contributed by atoms with Crippen molar-refractivity contribution < 1.29 is 19.4 Å². The van der Waals surface area contributed by atoms with Crippen LogP contribution in [0.25, 0.3) is 0 Å². The topological polar surface area (TPSA) is 57.5 Å². The summed E-state index contributed by atoms with van der Waals surface area (Å²) in [4.78, 5) is 10.7. The molecular weight excluding hydrogens is 255 g/mol. The van der Waals surface area contributed by atoms with Crippen LogP contribution in [0.15, 0.2) is 18.2 Å². The van der Waals surface area contributed by atoms with Gasteiger partial charge in [-0.05, 0) is 30.5 Å². The Morgan fingerprint density at radius 2 is 2.11 bits per heavy atom. The van der Waals surface area contributed by atoms with Gasteiger partial charge in [0.2, 0.25) is 0 Å². The highest BCUT2D eigenvalue weighted by molar-refractivity contribution is 8.13. The molecule has 0 saturated heterocycles. The molecule has 1 aromatic carbocycles. The van der Waals surface area contributed by atoms with E-state index >= 15 is 0 Å². The Morgan fingerprint density at radius 3 is 2.67 bits per heavy atom. The van der Waals surface area contributed by atoms with E-state index in [1.807, 2.05) is 0 Å². The van der Waals surface area contributed by atoms with Crippen molar-refractivity contribution in [2.45, 2.75) is 32.5 Å². The summed E-state index contributed by atoms with van der Waals surface area (Å²) < 4.78 is 13.1. The van der Waals surface area contributed by atoms with Gasteiger partial charge in [-0.3, -0.25) is 4.79 Å². The molecule has 0 aliphatic heterocycles. The Bertz CT molecular complexity index is 423. The standard InChI is InChI=1S/C13H17FO3S/c1-8-7-10(3-4-11(8)14)13(17)12(16)5-6-18-9(2)15/h3-4,7,12-13,16-17H,5-6H2,1-2H3. The number of hydrogen-bond acceptors (Lipinski definition) is 4. The number of carbonyl (C=O) groups is 1. The van der Waals surface area contributed by atoms with Crippen LogP contribution >= 0.6 is 11.8 Å². The quantitative estimate of drug-likeness (QED) is 0.862. The Morgan fingerprint density at radius 1 is 1.44 bits per heavy atom. The van der Waals surface area contributed by atoms with E-state index < -0.39 is 12.2 Å². The number of aryl methyl sites for hydroxylation is 1. The third-order valence-electron chi connectivity index (χ3n) is 2.61. The van der Waals surface area contributed by atoms with Crippen LogP contribution in [0, 0.1) is 12.7 Å². The number of benzene rings is 1. The molecule has 5 heteroatoms. The third kappa shape index (κ3) is 4.40. The van der Waals surface area contributed by atoms with E-state index in [9.17, 15) is 19.4 Å². The molecule has 0 bridgehead atoms. The van der Waals surface area contributed by atoms with Crippen molar-refractivity contribution in [1.82, 2.24) is 0 Å².